The first-order chi connectivity index (χ1) is 11.6. The number of piperidine rings is 1. The molecule has 2 atom stereocenters. The van der Waals surface area contributed by atoms with E-state index in [0.29, 0.717) is 12.5 Å². The Morgan fingerprint density at radius 2 is 2.29 bits per heavy atom. The van der Waals surface area contributed by atoms with E-state index < -0.39 is 6.10 Å². The molecule has 2 unspecified atom stereocenters. The van der Waals surface area contributed by atoms with E-state index in [1.54, 1.807) is 4.68 Å². The van der Waals surface area contributed by atoms with Crippen molar-refractivity contribution in [3.8, 4) is 5.75 Å². The smallest absolute Gasteiger partial charge is 0.122 e. The van der Waals surface area contributed by atoms with Crippen molar-refractivity contribution in [2.75, 3.05) is 19.7 Å². The molecule has 3 rings (SSSR count). The molecule has 1 aromatic carbocycles. The van der Waals surface area contributed by atoms with Crippen LogP contribution in [0.15, 0.2) is 24.4 Å². The number of aliphatic hydroxyl groups is 1. The zero-order valence-electron chi connectivity index (χ0n) is 14.4. The van der Waals surface area contributed by atoms with Crippen LogP contribution in [0.5, 0.6) is 5.75 Å². The first kappa shape index (κ1) is 16.9. The lowest BCUT2D eigenvalue weighted by Gasteiger charge is -2.20. The number of ether oxygens (including phenoxy) is 1. The summed E-state index contributed by atoms with van der Waals surface area (Å²) in [4.78, 5) is 0. The van der Waals surface area contributed by atoms with Gasteiger partial charge in [0.1, 0.15) is 18.5 Å². The van der Waals surface area contributed by atoms with Gasteiger partial charge < -0.3 is 15.2 Å². The number of hydrogen-bond donors (Lipinski definition) is 2. The lowest BCUT2D eigenvalue weighted by atomic mass is 9.97. The van der Waals surface area contributed by atoms with Crippen LogP contribution in [-0.4, -0.2) is 45.9 Å². The molecule has 1 fully saturated rings. The van der Waals surface area contributed by atoms with Crippen molar-refractivity contribution in [3.05, 3.63) is 41.2 Å². The van der Waals surface area contributed by atoms with Crippen molar-refractivity contribution in [1.29, 1.82) is 0 Å². The van der Waals surface area contributed by atoms with E-state index in [4.69, 9.17) is 4.74 Å². The van der Waals surface area contributed by atoms with Gasteiger partial charge in [-0.15, -0.1) is 5.10 Å². The maximum atomic E-state index is 10.2. The molecular weight excluding hydrogens is 304 g/mol. The van der Waals surface area contributed by atoms with Crippen molar-refractivity contribution < 1.29 is 9.84 Å². The Hall–Kier alpha value is -1.92. The summed E-state index contributed by atoms with van der Waals surface area (Å²) in [5.74, 6) is 1.25. The average molecular weight is 330 g/mol. The second kappa shape index (κ2) is 7.77. The van der Waals surface area contributed by atoms with E-state index in [0.717, 1.165) is 42.1 Å². The van der Waals surface area contributed by atoms with Gasteiger partial charge in [-0.25, -0.2) is 4.68 Å². The molecule has 130 valence electrons. The monoisotopic (exact) mass is 330 g/mol. The van der Waals surface area contributed by atoms with Crippen LogP contribution < -0.4 is 10.1 Å². The summed E-state index contributed by atoms with van der Waals surface area (Å²) in [6, 6.07) is 6.07. The zero-order chi connectivity index (χ0) is 16.9. The van der Waals surface area contributed by atoms with E-state index in [9.17, 15) is 5.11 Å². The highest BCUT2D eigenvalue weighted by Gasteiger charge is 2.19. The Bertz CT molecular complexity index is 665. The van der Waals surface area contributed by atoms with Gasteiger partial charge in [-0.1, -0.05) is 17.3 Å². The number of benzene rings is 1. The Labute approximate surface area is 142 Å². The Kier molecular flexibility index (Phi) is 5.48. The molecule has 1 saturated heterocycles. The summed E-state index contributed by atoms with van der Waals surface area (Å²) in [7, 11) is 0. The van der Waals surface area contributed by atoms with Gasteiger partial charge in [0.05, 0.1) is 12.2 Å². The van der Waals surface area contributed by atoms with Gasteiger partial charge in [-0.05, 0) is 50.4 Å². The predicted octanol–water partition coefficient (Wildman–Crippen LogP) is 1.80. The Morgan fingerprint density at radius 3 is 3.08 bits per heavy atom. The molecule has 24 heavy (non-hydrogen) atoms. The van der Waals surface area contributed by atoms with Gasteiger partial charge in [-0.2, -0.15) is 0 Å². The number of aliphatic hydroxyl groups excluding tert-OH is 1. The minimum absolute atomic E-state index is 0.241. The van der Waals surface area contributed by atoms with Crippen molar-refractivity contribution in [3.63, 3.8) is 0 Å². The van der Waals surface area contributed by atoms with Gasteiger partial charge in [0.15, 0.2) is 0 Å². The molecule has 1 aliphatic heterocycles. The van der Waals surface area contributed by atoms with E-state index >= 15 is 0 Å². The van der Waals surface area contributed by atoms with E-state index in [1.807, 2.05) is 32.2 Å². The summed E-state index contributed by atoms with van der Waals surface area (Å²) >= 11 is 0. The molecule has 2 heterocycles. The molecule has 2 aromatic rings. The van der Waals surface area contributed by atoms with Crippen LogP contribution in [0.25, 0.3) is 0 Å². The fraction of sp³-hybridized carbons (Fsp3) is 0.556. The van der Waals surface area contributed by atoms with Gasteiger partial charge in [-0.3, -0.25) is 0 Å². The second-order valence-corrected chi connectivity index (χ2v) is 6.64. The fourth-order valence-corrected chi connectivity index (χ4v) is 3.01. The highest BCUT2D eigenvalue weighted by Crippen LogP contribution is 2.21. The van der Waals surface area contributed by atoms with Crippen LogP contribution >= 0.6 is 0 Å². The molecule has 0 bridgehead atoms. The highest BCUT2D eigenvalue weighted by molar-refractivity contribution is 5.35. The summed E-state index contributed by atoms with van der Waals surface area (Å²) in [5.41, 5.74) is 3.22. The van der Waals surface area contributed by atoms with Crippen LogP contribution in [0.4, 0.5) is 0 Å². The summed E-state index contributed by atoms with van der Waals surface area (Å²) in [6.07, 6.45) is 3.64. The molecule has 0 saturated carbocycles. The first-order valence-electron chi connectivity index (χ1n) is 8.60. The molecule has 0 aliphatic carbocycles. The van der Waals surface area contributed by atoms with Gasteiger partial charge in [0.25, 0.3) is 0 Å². The Balaban J connectivity index is 1.52. The van der Waals surface area contributed by atoms with Crippen LogP contribution in [0.1, 0.15) is 35.6 Å². The van der Waals surface area contributed by atoms with Crippen LogP contribution in [-0.2, 0) is 6.54 Å². The number of nitrogens with zero attached hydrogens (tertiary/aromatic N) is 3. The van der Waals surface area contributed by atoms with Gasteiger partial charge in [0, 0.05) is 18.7 Å². The van der Waals surface area contributed by atoms with Crippen molar-refractivity contribution in [2.45, 2.75) is 45.3 Å². The molecule has 2 N–H and O–H groups in total. The maximum absolute atomic E-state index is 10.2. The molecular formula is C18H26N4O2. The van der Waals surface area contributed by atoms with E-state index in [-0.39, 0.29) is 6.61 Å². The Morgan fingerprint density at radius 1 is 1.42 bits per heavy atom. The second-order valence-electron chi connectivity index (χ2n) is 6.64. The molecule has 0 radical (unpaired) electrons. The van der Waals surface area contributed by atoms with Crippen LogP contribution in [0.2, 0.25) is 0 Å². The summed E-state index contributed by atoms with van der Waals surface area (Å²) in [6.45, 7) is 6.70. The molecule has 6 heteroatoms. The van der Waals surface area contributed by atoms with Crippen molar-refractivity contribution in [1.82, 2.24) is 20.3 Å². The average Bonchev–Trinajstić information content (AvgIpc) is 3.05. The highest BCUT2D eigenvalue weighted by atomic mass is 16.5. The van der Waals surface area contributed by atoms with Gasteiger partial charge >= 0.3 is 0 Å². The predicted molar refractivity (Wildman–Crippen MR) is 92.3 cm³/mol. The SMILES string of the molecule is Cc1ccc(C)c(OCC(O)Cn2cc(C3CCCNC3)nn2)c1. The topological polar surface area (TPSA) is 72.2 Å². The number of aromatic nitrogens is 3. The molecule has 6 nitrogen and oxygen atoms in total. The molecule has 1 aromatic heterocycles. The van der Waals surface area contributed by atoms with Crippen LogP contribution in [0, 0.1) is 13.8 Å². The minimum atomic E-state index is -0.621. The third-order valence-electron chi connectivity index (χ3n) is 4.44. The quantitative estimate of drug-likeness (QED) is 0.845. The number of nitrogens with one attached hydrogen (secondary N) is 1. The fourth-order valence-electron chi connectivity index (χ4n) is 3.01. The number of rotatable bonds is 6. The standard InChI is InChI=1S/C18H26N4O2/c1-13-5-6-14(2)18(8-13)24-12-16(23)10-22-11-17(20-21-22)15-4-3-7-19-9-15/h5-6,8,11,15-16,19,23H,3-4,7,9-10,12H2,1-2H3. The molecule has 0 spiro atoms. The molecule has 1 aliphatic rings. The summed E-state index contributed by atoms with van der Waals surface area (Å²) in [5, 5.41) is 22.0. The van der Waals surface area contributed by atoms with Gasteiger partial charge in [0.2, 0.25) is 0 Å². The summed E-state index contributed by atoms with van der Waals surface area (Å²) < 4.78 is 7.46. The van der Waals surface area contributed by atoms with Crippen molar-refractivity contribution >= 4 is 0 Å². The van der Waals surface area contributed by atoms with E-state index in [2.05, 4.69) is 21.7 Å². The van der Waals surface area contributed by atoms with Crippen molar-refractivity contribution in [2.24, 2.45) is 0 Å². The zero-order valence-corrected chi connectivity index (χ0v) is 14.4. The largest absolute Gasteiger partial charge is 0.491 e. The molecule has 0 amide bonds. The lowest BCUT2D eigenvalue weighted by Crippen LogP contribution is -2.28. The van der Waals surface area contributed by atoms with Crippen LogP contribution in [0.3, 0.4) is 0 Å². The lowest BCUT2D eigenvalue weighted by molar-refractivity contribution is 0.0885. The number of aryl methyl sites for hydroxylation is 2. The first-order valence-corrected chi connectivity index (χ1v) is 8.60. The third kappa shape index (κ3) is 4.33. The number of hydrogen-bond acceptors (Lipinski definition) is 5. The van der Waals surface area contributed by atoms with E-state index in [1.165, 1.54) is 6.42 Å². The third-order valence-corrected chi connectivity index (χ3v) is 4.44. The maximum Gasteiger partial charge on any atom is 0.122 e. The minimum Gasteiger partial charge on any atom is -0.491 e. The normalized spacial score (nSPS) is 19.2.